The van der Waals surface area contributed by atoms with E-state index in [9.17, 15) is 14.4 Å². The molecule has 1 aromatic carbocycles. The van der Waals surface area contributed by atoms with Crippen LogP contribution in [0.15, 0.2) is 18.2 Å². The van der Waals surface area contributed by atoms with Crippen molar-refractivity contribution in [3.8, 4) is 0 Å². The van der Waals surface area contributed by atoms with Crippen LogP contribution in [0.4, 0.5) is 4.79 Å². The average Bonchev–Trinajstić information content (AvgIpc) is 2.72. The van der Waals surface area contributed by atoms with E-state index in [1.807, 2.05) is 59.7 Å². The van der Waals surface area contributed by atoms with Crippen molar-refractivity contribution in [2.75, 3.05) is 6.54 Å². The molecule has 0 saturated carbocycles. The molecule has 0 bridgehead atoms. The van der Waals surface area contributed by atoms with E-state index in [0.29, 0.717) is 6.54 Å². The molecule has 0 spiro atoms. The van der Waals surface area contributed by atoms with Gasteiger partial charge in [-0.2, -0.15) is 0 Å². The Morgan fingerprint density at radius 1 is 0.972 bits per heavy atom. The van der Waals surface area contributed by atoms with Crippen molar-refractivity contribution in [2.24, 2.45) is 5.92 Å². The Hall–Kier alpha value is -2.57. The minimum atomic E-state index is -0.828. The summed E-state index contributed by atoms with van der Waals surface area (Å²) in [4.78, 5) is 42.0. The lowest BCUT2D eigenvalue weighted by atomic mass is 9.94. The lowest BCUT2D eigenvalue weighted by molar-refractivity contribution is -0.143. The highest BCUT2D eigenvalue weighted by Crippen LogP contribution is 2.28. The molecule has 0 fully saturated rings. The number of aryl methyl sites for hydroxylation is 2. The van der Waals surface area contributed by atoms with Gasteiger partial charge in [-0.15, -0.1) is 0 Å². The van der Waals surface area contributed by atoms with Crippen LogP contribution >= 0.6 is 0 Å². The molecule has 0 aliphatic rings. The standard InChI is InChI=1S/C29H49N3O4/c1-11-12-13-14-17-32(27(34)24(19(2)3)31-28(35)36-29(8,9)10)25(26(33)30-20(4)5)23-16-15-21(6)18-22(23)7/h15-16,18-20,24-25H,11-14,17H2,1-10H3,(H,30,33)(H,31,35). The molecule has 1 aromatic rings. The summed E-state index contributed by atoms with van der Waals surface area (Å²) >= 11 is 0. The summed E-state index contributed by atoms with van der Waals surface area (Å²) in [5, 5.41) is 5.80. The first kappa shape index (κ1) is 31.5. The number of rotatable bonds is 12. The van der Waals surface area contributed by atoms with E-state index in [1.54, 1.807) is 25.7 Å². The second-order valence-electron chi connectivity index (χ2n) is 11.4. The maximum Gasteiger partial charge on any atom is 0.408 e. The average molecular weight is 504 g/mol. The molecular weight excluding hydrogens is 454 g/mol. The van der Waals surface area contributed by atoms with E-state index < -0.39 is 23.8 Å². The van der Waals surface area contributed by atoms with Crippen LogP contribution in [-0.4, -0.2) is 47.0 Å². The smallest absolute Gasteiger partial charge is 0.408 e. The fourth-order valence-corrected chi connectivity index (χ4v) is 4.15. The molecule has 2 atom stereocenters. The van der Waals surface area contributed by atoms with Gasteiger partial charge in [0.2, 0.25) is 11.8 Å². The van der Waals surface area contributed by atoms with Gasteiger partial charge in [0.05, 0.1) is 0 Å². The van der Waals surface area contributed by atoms with Crippen LogP contribution in [0.5, 0.6) is 0 Å². The van der Waals surface area contributed by atoms with Crippen LogP contribution in [-0.2, 0) is 14.3 Å². The number of hydrogen-bond donors (Lipinski definition) is 2. The van der Waals surface area contributed by atoms with E-state index in [4.69, 9.17) is 4.74 Å². The Bertz CT molecular complexity index is 874. The molecule has 0 aliphatic heterocycles. The molecule has 2 N–H and O–H groups in total. The van der Waals surface area contributed by atoms with Crippen molar-refractivity contribution in [1.29, 1.82) is 0 Å². The zero-order valence-corrected chi connectivity index (χ0v) is 24.2. The van der Waals surface area contributed by atoms with Crippen LogP contribution < -0.4 is 10.6 Å². The number of nitrogens with one attached hydrogen (secondary N) is 2. The quantitative estimate of drug-likeness (QED) is 0.352. The predicted molar refractivity (Wildman–Crippen MR) is 146 cm³/mol. The first-order valence-corrected chi connectivity index (χ1v) is 13.3. The van der Waals surface area contributed by atoms with Crippen molar-refractivity contribution in [1.82, 2.24) is 15.5 Å². The van der Waals surface area contributed by atoms with Crippen LogP contribution in [0, 0.1) is 19.8 Å². The Balaban J connectivity index is 3.51. The van der Waals surface area contributed by atoms with Crippen LogP contribution in [0.2, 0.25) is 0 Å². The zero-order chi connectivity index (χ0) is 27.6. The zero-order valence-electron chi connectivity index (χ0n) is 24.2. The first-order chi connectivity index (χ1) is 16.7. The molecule has 0 radical (unpaired) electrons. The van der Waals surface area contributed by atoms with Crippen molar-refractivity contribution >= 4 is 17.9 Å². The van der Waals surface area contributed by atoms with Gasteiger partial charge in [-0.05, 0) is 71.9 Å². The Labute approximate surface area is 218 Å². The topological polar surface area (TPSA) is 87.7 Å². The van der Waals surface area contributed by atoms with Gasteiger partial charge in [0, 0.05) is 12.6 Å². The normalized spacial score (nSPS) is 13.3. The number of carbonyl (C=O) groups is 3. The maximum absolute atomic E-state index is 14.1. The minimum absolute atomic E-state index is 0.0800. The number of hydrogen-bond acceptors (Lipinski definition) is 4. The first-order valence-electron chi connectivity index (χ1n) is 13.3. The number of alkyl carbamates (subject to hydrolysis) is 1. The molecule has 7 heteroatoms. The highest BCUT2D eigenvalue weighted by atomic mass is 16.6. The van der Waals surface area contributed by atoms with Crippen molar-refractivity contribution in [3.05, 3.63) is 34.9 Å². The van der Waals surface area contributed by atoms with Crippen LogP contribution in [0.1, 0.15) is 104 Å². The van der Waals surface area contributed by atoms with Gasteiger partial charge in [0.25, 0.3) is 0 Å². The van der Waals surface area contributed by atoms with E-state index in [0.717, 1.165) is 42.4 Å². The summed E-state index contributed by atoms with van der Waals surface area (Å²) in [6, 6.07) is 4.23. The van der Waals surface area contributed by atoms with E-state index >= 15 is 0 Å². The third-order valence-corrected chi connectivity index (χ3v) is 5.85. The SMILES string of the molecule is CCCCCCN(C(=O)C(NC(=O)OC(C)(C)C)C(C)C)C(C(=O)NC(C)C)c1ccc(C)cc1C. The molecule has 0 aromatic heterocycles. The number of carbonyl (C=O) groups excluding carboxylic acids is 3. The molecule has 3 amide bonds. The molecule has 0 aliphatic carbocycles. The monoisotopic (exact) mass is 503 g/mol. The Morgan fingerprint density at radius 3 is 2.11 bits per heavy atom. The van der Waals surface area contributed by atoms with Gasteiger partial charge in [0.15, 0.2) is 0 Å². The van der Waals surface area contributed by atoms with Gasteiger partial charge in [0.1, 0.15) is 17.7 Å². The van der Waals surface area contributed by atoms with Gasteiger partial charge >= 0.3 is 6.09 Å². The largest absolute Gasteiger partial charge is 0.444 e. The number of ether oxygens (including phenoxy) is 1. The lowest BCUT2D eigenvalue weighted by Crippen LogP contribution is -2.55. The number of amides is 3. The van der Waals surface area contributed by atoms with Crippen molar-refractivity contribution < 1.29 is 19.1 Å². The number of unbranched alkanes of at least 4 members (excludes halogenated alkanes) is 3. The summed E-state index contributed by atoms with van der Waals surface area (Å²) < 4.78 is 5.44. The summed E-state index contributed by atoms with van der Waals surface area (Å²) in [6.07, 6.45) is 3.20. The maximum atomic E-state index is 14.1. The second-order valence-corrected chi connectivity index (χ2v) is 11.4. The Morgan fingerprint density at radius 2 is 1.61 bits per heavy atom. The fraction of sp³-hybridized carbons (Fsp3) is 0.690. The molecule has 1 rings (SSSR count). The summed E-state index contributed by atoms with van der Waals surface area (Å²) in [5.41, 5.74) is 2.15. The van der Waals surface area contributed by atoms with E-state index in [1.165, 1.54) is 0 Å². The molecule has 36 heavy (non-hydrogen) atoms. The van der Waals surface area contributed by atoms with Crippen molar-refractivity contribution in [2.45, 2.75) is 119 Å². The van der Waals surface area contributed by atoms with Crippen LogP contribution in [0.3, 0.4) is 0 Å². The lowest BCUT2D eigenvalue weighted by Gasteiger charge is -2.36. The van der Waals surface area contributed by atoms with Gasteiger partial charge in [-0.1, -0.05) is 63.8 Å². The summed E-state index contributed by atoms with van der Waals surface area (Å²) in [6.45, 7) is 19.5. The molecule has 204 valence electrons. The highest BCUT2D eigenvalue weighted by molar-refractivity contribution is 5.92. The second kappa shape index (κ2) is 14.2. The van der Waals surface area contributed by atoms with Crippen molar-refractivity contribution in [3.63, 3.8) is 0 Å². The van der Waals surface area contributed by atoms with E-state index in [2.05, 4.69) is 17.6 Å². The molecule has 7 nitrogen and oxygen atoms in total. The molecular formula is C29H49N3O4. The Kier molecular flexibility index (Phi) is 12.4. The summed E-state index contributed by atoms with van der Waals surface area (Å²) in [5.74, 6) is -0.701. The predicted octanol–water partition coefficient (Wildman–Crippen LogP) is 5.83. The van der Waals surface area contributed by atoms with E-state index in [-0.39, 0.29) is 23.8 Å². The summed E-state index contributed by atoms with van der Waals surface area (Å²) in [7, 11) is 0. The van der Waals surface area contributed by atoms with Gasteiger partial charge in [-0.3, -0.25) is 9.59 Å². The molecule has 0 heterocycles. The molecule has 0 saturated heterocycles. The number of nitrogens with zero attached hydrogens (tertiary/aromatic N) is 1. The number of benzene rings is 1. The molecule has 2 unspecified atom stereocenters. The third-order valence-electron chi connectivity index (χ3n) is 5.85. The van der Waals surface area contributed by atoms with Crippen LogP contribution in [0.25, 0.3) is 0 Å². The van der Waals surface area contributed by atoms with Gasteiger partial charge in [-0.25, -0.2) is 4.79 Å². The fourth-order valence-electron chi connectivity index (χ4n) is 4.15. The van der Waals surface area contributed by atoms with Gasteiger partial charge < -0.3 is 20.3 Å². The minimum Gasteiger partial charge on any atom is -0.444 e. The highest BCUT2D eigenvalue weighted by Gasteiger charge is 2.38. The third kappa shape index (κ3) is 10.2.